The van der Waals surface area contributed by atoms with Crippen LogP contribution in [-0.2, 0) is 0 Å². The molecule has 0 spiro atoms. The van der Waals surface area contributed by atoms with Gasteiger partial charge in [-0.2, -0.15) is 18.4 Å². The lowest BCUT2D eigenvalue weighted by Crippen LogP contribution is -2.51. The van der Waals surface area contributed by atoms with E-state index in [1.165, 1.54) is 29.4 Å². The fraction of sp³-hybridized carbons (Fsp3) is 0.353. The summed E-state index contributed by atoms with van der Waals surface area (Å²) in [5.74, 6) is 0.424. The van der Waals surface area contributed by atoms with E-state index in [2.05, 4.69) is 9.97 Å². The number of nitrogens with zero attached hydrogens (tertiary/aromatic N) is 5. The molecule has 0 bridgehead atoms. The molecule has 1 fully saturated rings. The van der Waals surface area contributed by atoms with Crippen molar-refractivity contribution in [3.63, 3.8) is 0 Å². The van der Waals surface area contributed by atoms with Crippen LogP contribution in [0, 0.1) is 11.3 Å². The van der Waals surface area contributed by atoms with Crippen LogP contribution in [0.1, 0.15) is 17.3 Å². The Morgan fingerprint density at radius 3 is 2.24 bits per heavy atom. The summed E-state index contributed by atoms with van der Waals surface area (Å²) in [6.45, 7) is 1.15. The first-order chi connectivity index (χ1) is 12.0. The number of aromatic nitrogens is 2. The van der Waals surface area contributed by atoms with E-state index in [0.29, 0.717) is 18.9 Å². The average Bonchev–Trinajstić information content (AvgIpc) is 2.62. The summed E-state index contributed by atoms with van der Waals surface area (Å²) in [5, 5.41) is 9.11. The number of piperazine rings is 1. The topological polar surface area (TPSA) is 56.1 Å². The molecule has 1 aromatic heterocycles. The SMILES string of the molecule is N#Cc1nccnc1N1CCN([C@@H](c2ccccc2)C(F)(F)F)CC1. The Kier molecular flexibility index (Phi) is 4.86. The zero-order chi connectivity index (χ0) is 17.9. The van der Waals surface area contributed by atoms with E-state index in [1.807, 2.05) is 6.07 Å². The molecule has 1 atom stereocenters. The van der Waals surface area contributed by atoms with Crippen LogP contribution in [0.2, 0.25) is 0 Å². The zero-order valence-electron chi connectivity index (χ0n) is 13.3. The Bertz CT molecular complexity index is 749. The Morgan fingerprint density at radius 1 is 1.00 bits per heavy atom. The van der Waals surface area contributed by atoms with E-state index in [4.69, 9.17) is 5.26 Å². The van der Waals surface area contributed by atoms with Crippen molar-refractivity contribution in [2.75, 3.05) is 31.1 Å². The van der Waals surface area contributed by atoms with Crippen LogP contribution in [0.4, 0.5) is 19.0 Å². The van der Waals surface area contributed by atoms with Crippen LogP contribution in [0.25, 0.3) is 0 Å². The van der Waals surface area contributed by atoms with Crippen LogP contribution in [0.3, 0.4) is 0 Å². The second-order valence-corrected chi connectivity index (χ2v) is 5.72. The van der Waals surface area contributed by atoms with Gasteiger partial charge in [-0.15, -0.1) is 0 Å². The Morgan fingerprint density at radius 2 is 1.64 bits per heavy atom. The fourth-order valence-corrected chi connectivity index (χ4v) is 3.08. The van der Waals surface area contributed by atoms with E-state index in [9.17, 15) is 13.2 Å². The van der Waals surface area contributed by atoms with Crippen molar-refractivity contribution < 1.29 is 13.2 Å². The highest BCUT2D eigenvalue weighted by Gasteiger charge is 2.45. The van der Waals surface area contributed by atoms with E-state index < -0.39 is 12.2 Å². The molecule has 0 unspecified atom stereocenters. The Labute approximate surface area is 143 Å². The monoisotopic (exact) mass is 347 g/mol. The van der Waals surface area contributed by atoms with Crippen molar-refractivity contribution in [3.05, 3.63) is 54.0 Å². The molecule has 1 aromatic carbocycles. The van der Waals surface area contributed by atoms with Gasteiger partial charge in [0.15, 0.2) is 11.5 Å². The van der Waals surface area contributed by atoms with Crippen molar-refractivity contribution in [2.45, 2.75) is 12.2 Å². The molecule has 8 heteroatoms. The predicted molar refractivity (Wildman–Crippen MR) is 85.8 cm³/mol. The van der Waals surface area contributed by atoms with E-state index >= 15 is 0 Å². The molecule has 0 amide bonds. The maximum atomic E-state index is 13.6. The first kappa shape index (κ1) is 17.2. The van der Waals surface area contributed by atoms with Crippen LogP contribution < -0.4 is 4.90 Å². The van der Waals surface area contributed by atoms with Gasteiger partial charge in [0.05, 0.1) is 0 Å². The zero-order valence-corrected chi connectivity index (χ0v) is 13.3. The van der Waals surface area contributed by atoms with Gasteiger partial charge in [-0.3, -0.25) is 4.90 Å². The summed E-state index contributed by atoms with van der Waals surface area (Å²) in [4.78, 5) is 11.3. The number of alkyl halides is 3. The molecule has 0 N–H and O–H groups in total. The maximum Gasteiger partial charge on any atom is 0.408 e. The third kappa shape index (κ3) is 3.72. The summed E-state index contributed by atoms with van der Waals surface area (Å²) < 4.78 is 40.8. The third-order valence-electron chi connectivity index (χ3n) is 4.19. The highest BCUT2D eigenvalue weighted by Crippen LogP contribution is 2.38. The van der Waals surface area contributed by atoms with Crippen LogP contribution >= 0.6 is 0 Å². The largest absolute Gasteiger partial charge is 0.408 e. The molecule has 0 radical (unpaired) electrons. The normalized spacial score (nSPS) is 17.1. The number of rotatable bonds is 3. The summed E-state index contributed by atoms with van der Waals surface area (Å²) in [6.07, 6.45) is -1.45. The van der Waals surface area contributed by atoms with E-state index in [-0.39, 0.29) is 24.3 Å². The van der Waals surface area contributed by atoms with Gasteiger partial charge in [-0.1, -0.05) is 30.3 Å². The number of benzene rings is 1. The number of nitriles is 1. The summed E-state index contributed by atoms with van der Waals surface area (Å²) in [6, 6.07) is 8.27. The van der Waals surface area contributed by atoms with Crippen molar-refractivity contribution in [3.8, 4) is 6.07 Å². The van der Waals surface area contributed by atoms with Gasteiger partial charge in [0, 0.05) is 38.6 Å². The minimum absolute atomic E-state index is 0.186. The minimum atomic E-state index is -4.35. The smallest absolute Gasteiger partial charge is 0.352 e. The first-order valence-corrected chi connectivity index (χ1v) is 7.82. The standard InChI is InChI=1S/C17H16F3N5/c18-17(19,20)15(13-4-2-1-3-5-13)24-8-10-25(11-9-24)16-14(12-21)22-6-7-23-16/h1-7,15H,8-11H2/t15-/m0/s1. The minimum Gasteiger partial charge on any atom is -0.352 e. The summed E-state index contributed by atoms with van der Waals surface area (Å²) in [7, 11) is 0. The van der Waals surface area contributed by atoms with Gasteiger partial charge < -0.3 is 4.90 Å². The molecule has 1 aliphatic heterocycles. The molecule has 1 saturated heterocycles. The maximum absolute atomic E-state index is 13.6. The molecule has 3 rings (SSSR count). The predicted octanol–water partition coefficient (Wildman–Crippen LogP) is 2.77. The molecule has 2 aromatic rings. The molecule has 1 aliphatic rings. The molecule has 25 heavy (non-hydrogen) atoms. The molecule has 130 valence electrons. The van der Waals surface area contributed by atoms with E-state index in [0.717, 1.165) is 0 Å². The molecule has 0 aliphatic carbocycles. The quantitative estimate of drug-likeness (QED) is 0.855. The molecular weight excluding hydrogens is 331 g/mol. The Balaban J connectivity index is 1.77. The highest BCUT2D eigenvalue weighted by atomic mass is 19.4. The molecular formula is C17H16F3N5. The van der Waals surface area contributed by atoms with Gasteiger partial charge in [-0.05, 0) is 5.56 Å². The van der Waals surface area contributed by atoms with Crippen LogP contribution in [-0.4, -0.2) is 47.2 Å². The van der Waals surface area contributed by atoms with Crippen molar-refractivity contribution in [1.82, 2.24) is 14.9 Å². The van der Waals surface area contributed by atoms with Crippen LogP contribution in [0.5, 0.6) is 0 Å². The lowest BCUT2D eigenvalue weighted by atomic mass is 10.0. The average molecular weight is 347 g/mol. The van der Waals surface area contributed by atoms with Crippen molar-refractivity contribution >= 4 is 5.82 Å². The fourth-order valence-electron chi connectivity index (χ4n) is 3.08. The Hall–Kier alpha value is -2.66. The highest BCUT2D eigenvalue weighted by molar-refractivity contribution is 5.49. The van der Waals surface area contributed by atoms with Gasteiger partial charge in [0.25, 0.3) is 0 Å². The number of hydrogen-bond donors (Lipinski definition) is 0. The third-order valence-corrected chi connectivity index (χ3v) is 4.19. The van der Waals surface area contributed by atoms with Gasteiger partial charge in [0.1, 0.15) is 12.1 Å². The van der Waals surface area contributed by atoms with Crippen molar-refractivity contribution in [2.24, 2.45) is 0 Å². The van der Waals surface area contributed by atoms with E-state index in [1.54, 1.807) is 23.1 Å². The second kappa shape index (κ2) is 7.07. The van der Waals surface area contributed by atoms with Gasteiger partial charge in [-0.25, -0.2) is 9.97 Å². The lowest BCUT2D eigenvalue weighted by Gasteiger charge is -2.40. The number of anilines is 1. The lowest BCUT2D eigenvalue weighted by molar-refractivity contribution is -0.187. The second-order valence-electron chi connectivity index (χ2n) is 5.72. The molecule has 5 nitrogen and oxygen atoms in total. The van der Waals surface area contributed by atoms with Crippen molar-refractivity contribution in [1.29, 1.82) is 5.26 Å². The molecule has 0 saturated carbocycles. The summed E-state index contributed by atoms with van der Waals surface area (Å²) >= 11 is 0. The van der Waals surface area contributed by atoms with Gasteiger partial charge >= 0.3 is 6.18 Å². The first-order valence-electron chi connectivity index (χ1n) is 7.82. The number of halogens is 3. The van der Waals surface area contributed by atoms with Crippen LogP contribution in [0.15, 0.2) is 42.7 Å². The molecule has 2 heterocycles. The summed E-state index contributed by atoms with van der Waals surface area (Å²) in [5.41, 5.74) is 0.423. The van der Waals surface area contributed by atoms with Gasteiger partial charge in [0.2, 0.25) is 0 Å². The number of hydrogen-bond acceptors (Lipinski definition) is 5.